The number of nitrogens with one attached hydrogen (secondary N) is 1. The van der Waals surface area contributed by atoms with Crippen LogP contribution in [0.4, 0.5) is 0 Å². The molecule has 7 nitrogen and oxygen atoms in total. The van der Waals surface area contributed by atoms with Crippen LogP contribution in [0.3, 0.4) is 0 Å². The second-order valence-corrected chi connectivity index (χ2v) is 7.48. The standard InChI is InChI=1S/C20H28N4O3/c1-23-11-8-14(9-12-23)3-6-18-22-16-13-15(4-5-17(16)24(18)2)20(27)21-10-7-19(25)26/h4-5,13-14H,3,6-12H2,1-2H3,(H,21,27)(H,25,26). The molecule has 1 aliphatic rings. The average Bonchev–Trinajstić information content (AvgIpc) is 2.96. The summed E-state index contributed by atoms with van der Waals surface area (Å²) in [6, 6.07) is 5.46. The van der Waals surface area contributed by atoms with Gasteiger partial charge in [-0.25, -0.2) is 4.98 Å². The second kappa shape index (κ2) is 8.52. The molecular weight excluding hydrogens is 344 g/mol. The lowest BCUT2D eigenvalue weighted by molar-refractivity contribution is -0.136. The average molecular weight is 372 g/mol. The van der Waals surface area contributed by atoms with Crippen LogP contribution in [0.2, 0.25) is 0 Å². The van der Waals surface area contributed by atoms with Crippen molar-refractivity contribution in [2.75, 3.05) is 26.7 Å². The number of imidazole rings is 1. The van der Waals surface area contributed by atoms with E-state index in [1.807, 2.05) is 13.1 Å². The summed E-state index contributed by atoms with van der Waals surface area (Å²) < 4.78 is 2.11. The zero-order chi connectivity index (χ0) is 19.4. The fraction of sp³-hybridized carbons (Fsp3) is 0.550. The highest BCUT2D eigenvalue weighted by atomic mass is 16.4. The monoisotopic (exact) mass is 372 g/mol. The van der Waals surface area contributed by atoms with Crippen LogP contribution in [0.1, 0.15) is 41.9 Å². The molecule has 27 heavy (non-hydrogen) atoms. The molecule has 0 spiro atoms. The molecule has 1 aromatic carbocycles. The molecule has 1 saturated heterocycles. The van der Waals surface area contributed by atoms with Gasteiger partial charge in [-0.3, -0.25) is 9.59 Å². The minimum absolute atomic E-state index is 0.0846. The Morgan fingerprint density at radius 1 is 1.26 bits per heavy atom. The molecule has 1 fully saturated rings. The van der Waals surface area contributed by atoms with Gasteiger partial charge < -0.3 is 19.9 Å². The Bertz CT molecular complexity index is 822. The lowest BCUT2D eigenvalue weighted by atomic mass is 9.92. The third kappa shape index (κ3) is 4.86. The number of aliphatic carboxylic acids is 1. The van der Waals surface area contributed by atoms with Crippen molar-refractivity contribution < 1.29 is 14.7 Å². The van der Waals surface area contributed by atoms with Crippen molar-refractivity contribution >= 4 is 22.9 Å². The Morgan fingerprint density at radius 2 is 2.00 bits per heavy atom. The summed E-state index contributed by atoms with van der Waals surface area (Å²) >= 11 is 0. The van der Waals surface area contributed by atoms with E-state index in [1.54, 1.807) is 12.1 Å². The van der Waals surface area contributed by atoms with Crippen LogP contribution in [0.15, 0.2) is 18.2 Å². The fourth-order valence-electron chi connectivity index (χ4n) is 3.68. The molecule has 2 aromatic rings. The number of benzene rings is 1. The lowest BCUT2D eigenvalue weighted by Crippen LogP contribution is -2.30. The smallest absolute Gasteiger partial charge is 0.305 e. The molecule has 0 unspecified atom stereocenters. The third-order valence-corrected chi connectivity index (χ3v) is 5.47. The zero-order valence-electron chi connectivity index (χ0n) is 16.1. The molecule has 0 bridgehead atoms. The molecule has 1 aromatic heterocycles. The number of carbonyl (C=O) groups excluding carboxylic acids is 1. The number of amides is 1. The van der Waals surface area contributed by atoms with E-state index in [0.29, 0.717) is 5.56 Å². The fourth-order valence-corrected chi connectivity index (χ4v) is 3.68. The first-order valence-corrected chi connectivity index (χ1v) is 9.58. The highest BCUT2D eigenvalue weighted by Crippen LogP contribution is 2.23. The van der Waals surface area contributed by atoms with Gasteiger partial charge in [-0.15, -0.1) is 0 Å². The van der Waals surface area contributed by atoms with E-state index >= 15 is 0 Å². The number of carboxylic acid groups (broad SMARTS) is 1. The van der Waals surface area contributed by atoms with Crippen molar-refractivity contribution in [3.63, 3.8) is 0 Å². The molecule has 2 heterocycles. The van der Waals surface area contributed by atoms with Crippen molar-refractivity contribution in [2.24, 2.45) is 13.0 Å². The summed E-state index contributed by atoms with van der Waals surface area (Å²) in [5, 5.41) is 11.3. The first kappa shape index (κ1) is 19.4. The number of hydrogen-bond acceptors (Lipinski definition) is 4. The highest BCUT2D eigenvalue weighted by molar-refractivity contribution is 5.97. The van der Waals surface area contributed by atoms with E-state index in [-0.39, 0.29) is 18.9 Å². The molecular formula is C20H28N4O3. The molecule has 0 atom stereocenters. The highest BCUT2D eigenvalue weighted by Gasteiger charge is 2.18. The van der Waals surface area contributed by atoms with Gasteiger partial charge in [-0.1, -0.05) is 0 Å². The van der Waals surface area contributed by atoms with Gasteiger partial charge in [0.15, 0.2) is 0 Å². The number of aromatic nitrogens is 2. The number of rotatable bonds is 7. The van der Waals surface area contributed by atoms with E-state index < -0.39 is 5.97 Å². The topological polar surface area (TPSA) is 87.5 Å². The number of piperidine rings is 1. The molecule has 0 aliphatic carbocycles. The maximum Gasteiger partial charge on any atom is 0.305 e. The third-order valence-electron chi connectivity index (χ3n) is 5.47. The van der Waals surface area contributed by atoms with Crippen LogP contribution >= 0.6 is 0 Å². The SMILES string of the molecule is CN1CCC(CCc2nc3cc(C(=O)NCCC(=O)O)ccc3n2C)CC1. The van der Waals surface area contributed by atoms with Gasteiger partial charge in [0.1, 0.15) is 5.82 Å². The largest absolute Gasteiger partial charge is 0.481 e. The van der Waals surface area contributed by atoms with Crippen LogP contribution in [-0.2, 0) is 18.3 Å². The van der Waals surface area contributed by atoms with Gasteiger partial charge in [0, 0.05) is 25.6 Å². The minimum Gasteiger partial charge on any atom is -0.481 e. The first-order valence-electron chi connectivity index (χ1n) is 9.58. The summed E-state index contributed by atoms with van der Waals surface area (Å²) in [5.41, 5.74) is 2.32. The number of fused-ring (bicyclic) bond motifs is 1. The van der Waals surface area contributed by atoms with Crippen LogP contribution < -0.4 is 5.32 Å². The van der Waals surface area contributed by atoms with Gasteiger partial charge >= 0.3 is 5.97 Å². The molecule has 3 rings (SSSR count). The first-order chi connectivity index (χ1) is 12.9. The number of likely N-dealkylation sites (tertiary alicyclic amines) is 1. The van der Waals surface area contributed by atoms with Gasteiger partial charge in [-0.2, -0.15) is 0 Å². The summed E-state index contributed by atoms with van der Waals surface area (Å²) in [5.74, 6) is 0.616. The Labute approximate surface area is 159 Å². The van der Waals surface area contributed by atoms with Gasteiger partial charge in [-0.05, 0) is 63.5 Å². The number of nitrogens with zero attached hydrogens (tertiary/aromatic N) is 3. The van der Waals surface area contributed by atoms with Crippen LogP contribution in [0.25, 0.3) is 11.0 Å². The van der Waals surface area contributed by atoms with E-state index in [1.165, 1.54) is 25.9 Å². The van der Waals surface area contributed by atoms with Crippen LogP contribution in [0, 0.1) is 5.92 Å². The van der Waals surface area contributed by atoms with Crippen molar-refractivity contribution in [2.45, 2.75) is 32.1 Å². The molecule has 146 valence electrons. The van der Waals surface area contributed by atoms with Crippen molar-refractivity contribution in [3.8, 4) is 0 Å². The Hall–Kier alpha value is -2.41. The number of carboxylic acids is 1. The normalized spacial score (nSPS) is 15.9. The number of aryl methyl sites for hydroxylation is 2. The molecule has 1 amide bonds. The van der Waals surface area contributed by atoms with Gasteiger partial charge in [0.05, 0.1) is 17.5 Å². The molecule has 7 heteroatoms. The van der Waals surface area contributed by atoms with E-state index in [4.69, 9.17) is 10.1 Å². The van der Waals surface area contributed by atoms with E-state index in [0.717, 1.165) is 35.6 Å². The lowest BCUT2D eigenvalue weighted by Gasteiger charge is -2.28. The maximum absolute atomic E-state index is 12.2. The Morgan fingerprint density at radius 3 is 2.70 bits per heavy atom. The Kier molecular flexibility index (Phi) is 6.11. The number of hydrogen-bond donors (Lipinski definition) is 2. The predicted molar refractivity (Wildman–Crippen MR) is 104 cm³/mol. The second-order valence-electron chi connectivity index (χ2n) is 7.48. The van der Waals surface area contributed by atoms with Crippen LogP contribution in [-0.4, -0.2) is 58.1 Å². The zero-order valence-corrected chi connectivity index (χ0v) is 16.1. The predicted octanol–water partition coefficient (Wildman–Crippen LogP) is 2.05. The summed E-state index contributed by atoms with van der Waals surface area (Å²) in [6.07, 6.45) is 4.51. The Balaban J connectivity index is 1.65. The van der Waals surface area contributed by atoms with Crippen molar-refractivity contribution in [1.82, 2.24) is 19.8 Å². The molecule has 2 N–H and O–H groups in total. The summed E-state index contributed by atoms with van der Waals surface area (Å²) in [6.45, 7) is 2.47. The molecule has 0 radical (unpaired) electrons. The summed E-state index contributed by atoms with van der Waals surface area (Å²) in [7, 11) is 4.20. The van der Waals surface area contributed by atoms with Gasteiger partial charge in [0.25, 0.3) is 5.91 Å². The number of carbonyl (C=O) groups is 2. The van der Waals surface area contributed by atoms with E-state index in [2.05, 4.69) is 21.8 Å². The maximum atomic E-state index is 12.2. The molecule has 0 saturated carbocycles. The van der Waals surface area contributed by atoms with Gasteiger partial charge in [0.2, 0.25) is 0 Å². The molecule has 1 aliphatic heterocycles. The quantitative estimate of drug-likeness (QED) is 0.777. The van der Waals surface area contributed by atoms with Crippen LogP contribution in [0.5, 0.6) is 0 Å². The van der Waals surface area contributed by atoms with Crippen molar-refractivity contribution in [1.29, 1.82) is 0 Å². The minimum atomic E-state index is -0.926. The van der Waals surface area contributed by atoms with Crippen molar-refractivity contribution in [3.05, 3.63) is 29.6 Å². The van der Waals surface area contributed by atoms with E-state index in [9.17, 15) is 9.59 Å². The summed E-state index contributed by atoms with van der Waals surface area (Å²) in [4.78, 5) is 29.9.